The lowest BCUT2D eigenvalue weighted by molar-refractivity contribution is 0.0817. The molecule has 20 heavy (non-hydrogen) atoms. The molecule has 0 saturated heterocycles. The minimum atomic E-state index is 0.569. The molecule has 1 aromatic rings. The first-order chi connectivity index (χ1) is 9.65. The van der Waals surface area contributed by atoms with E-state index in [1.807, 2.05) is 6.07 Å². The Morgan fingerprint density at radius 2 is 2.10 bits per heavy atom. The van der Waals surface area contributed by atoms with E-state index in [4.69, 9.17) is 9.47 Å². The summed E-state index contributed by atoms with van der Waals surface area (Å²) >= 11 is 3.57. The highest BCUT2D eigenvalue weighted by Crippen LogP contribution is 2.26. The lowest BCUT2D eigenvalue weighted by atomic mass is 10.2. The van der Waals surface area contributed by atoms with E-state index in [0.29, 0.717) is 19.1 Å². The lowest BCUT2D eigenvalue weighted by Crippen LogP contribution is -2.15. The largest absolute Gasteiger partial charge is 0.490 e. The van der Waals surface area contributed by atoms with Crippen LogP contribution in [0.5, 0.6) is 5.75 Å². The molecule has 0 heterocycles. The zero-order chi connectivity index (χ0) is 14.4. The van der Waals surface area contributed by atoms with E-state index < -0.39 is 0 Å². The first kappa shape index (κ1) is 15.8. The molecule has 1 aliphatic rings. The highest BCUT2D eigenvalue weighted by atomic mass is 79.9. The van der Waals surface area contributed by atoms with Crippen LogP contribution < -0.4 is 10.1 Å². The van der Waals surface area contributed by atoms with Gasteiger partial charge in [0.1, 0.15) is 12.4 Å². The molecule has 0 amide bonds. The van der Waals surface area contributed by atoms with Gasteiger partial charge in [0.05, 0.1) is 11.1 Å². The predicted octanol–water partition coefficient (Wildman–Crippen LogP) is 3.75. The molecule has 0 radical (unpaired) electrons. The Balaban J connectivity index is 1.71. The molecule has 1 N–H and O–H groups in total. The van der Waals surface area contributed by atoms with Crippen LogP contribution in [-0.4, -0.2) is 25.9 Å². The Bertz CT molecular complexity index is 419. The Morgan fingerprint density at radius 1 is 1.30 bits per heavy atom. The average molecular weight is 342 g/mol. The molecule has 1 fully saturated rings. The van der Waals surface area contributed by atoms with Crippen LogP contribution in [0.1, 0.15) is 32.3 Å². The van der Waals surface area contributed by atoms with Gasteiger partial charge in [-0.25, -0.2) is 0 Å². The van der Waals surface area contributed by atoms with Gasteiger partial charge >= 0.3 is 0 Å². The molecule has 2 rings (SSSR count). The fourth-order valence-electron chi connectivity index (χ4n) is 1.85. The number of rotatable bonds is 9. The van der Waals surface area contributed by atoms with Crippen LogP contribution >= 0.6 is 15.9 Å². The smallest absolute Gasteiger partial charge is 0.133 e. The van der Waals surface area contributed by atoms with Gasteiger partial charge < -0.3 is 14.8 Å². The van der Waals surface area contributed by atoms with Crippen molar-refractivity contribution in [2.45, 2.75) is 39.3 Å². The SMILES string of the molecule is CC(C)COCCOc1ccc(CNC2CC2)cc1Br. The summed E-state index contributed by atoms with van der Waals surface area (Å²) in [4.78, 5) is 0. The molecular weight excluding hydrogens is 318 g/mol. The van der Waals surface area contributed by atoms with Gasteiger partial charge in [0.25, 0.3) is 0 Å². The van der Waals surface area contributed by atoms with Crippen molar-refractivity contribution in [3.05, 3.63) is 28.2 Å². The topological polar surface area (TPSA) is 30.5 Å². The second-order valence-corrected chi connectivity index (χ2v) is 6.59. The van der Waals surface area contributed by atoms with Crippen molar-refractivity contribution in [1.82, 2.24) is 5.32 Å². The first-order valence-electron chi connectivity index (χ1n) is 7.37. The number of hydrogen-bond donors (Lipinski definition) is 1. The minimum Gasteiger partial charge on any atom is -0.490 e. The van der Waals surface area contributed by atoms with Crippen molar-refractivity contribution in [2.75, 3.05) is 19.8 Å². The molecule has 0 atom stereocenters. The Kier molecular flexibility index (Phi) is 6.33. The number of benzene rings is 1. The van der Waals surface area contributed by atoms with Crippen molar-refractivity contribution in [3.63, 3.8) is 0 Å². The maximum Gasteiger partial charge on any atom is 0.133 e. The van der Waals surface area contributed by atoms with Crippen molar-refractivity contribution >= 4 is 15.9 Å². The summed E-state index contributed by atoms with van der Waals surface area (Å²) in [6, 6.07) is 7.00. The standard InChI is InChI=1S/C16H24BrNO2/c1-12(2)11-19-7-8-20-16-6-3-13(9-15(16)17)10-18-14-4-5-14/h3,6,9,12,14,18H,4-5,7-8,10-11H2,1-2H3. The maximum atomic E-state index is 5.72. The summed E-state index contributed by atoms with van der Waals surface area (Å²) in [5.41, 5.74) is 1.28. The normalized spacial score (nSPS) is 14.8. The van der Waals surface area contributed by atoms with Gasteiger partial charge in [-0.05, 0) is 52.4 Å². The Labute approximate surface area is 130 Å². The van der Waals surface area contributed by atoms with E-state index in [1.54, 1.807) is 0 Å². The van der Waals surface area contributed by atoms with Crippen molar-refractivity contribution in [2.24, 2.45) is 5.92 Å². The fraction of sp³-hybridized carbons (Fsp3) is 0.625. The minimum absolute atomic E-state index is 0.569. The van der Waals surface area contributed by atoms with Crippen LogP contribution in [0.4, 0.5) is 0 Å². The molecule has 0 spiro atoms. The van der Waals surface area contributed by atoms with Crippen LogP contribution in [0.25, 0.3) is 0 Å². The molecule has 1 aliphatic carbocycles. The predicted molar refractivity (Wildman–Crippen MR) is 85.2 cm³/mol. The third kappa shape index (κ3) is 5.81. The summed E-state index contributed by atoms with van der Waals surface area (Å²) in [6.45, 7) is 7.23. The maximum absolute atomic E-state index is 5.72. The van der Waals surface area contributed by atoms with Crippen molar-refractivity contribution in [1.29, 1.82) is 0 Å². The Morgan fingerprint density at radius 3 is 2.75 bits per heavy atom. The molecule has 1 aromatic carbocycles. The zero-order valence-corrected chi connectivity index (χ0v) is 13.9. The van der Waals surface area contributed by atoms with E-state index in [9.17, 15) is 0 Å². The summed E-state index contributed by atoms with van der Waals surface area (Å²) in [7, 11) is 0. The van der Waals surface area contributed by atoms with E-state index in [0.717, 1.165) is 29.4 Å². The van der Waals surface area contributed by atoms with Crippen LogP contribution in [0.2, 0.25) is 0 Å². The third-order valence-corrected chi connectivity index (χ3v) is 3.72. The first-order valence-corrected chi connectivity index (χ1v) is 8.17. The molecule has 4 heteroatoms. The summed E-state index contributed by atoms with van der Waals surface area (Å²) < 4.78 is 12.2. The van der Waals surface area contributed by atoms with Gasteiger partial charge in [-0.1, -0.05) is 19.9 Å². The van der Waals surface area contributed by atoms with Gasteiger partial charge in [0.2, 0.25) is 0 Å². The highest BCUT2D eigenvalue weighted by molar-refractivity contribution is 9.10. The molecule has 0 unspecified atom stereocenters. The summed E-state index contributed by atoms with van der Waals surface area (Å²) in [6.07, 6.45) is 2.64. The third-order valence-electron chi connectivity index (χ3n) is 3.10. The number of hydrogen-bond acceptors (Lipinski definition) is 3. The molecule has 1 saturated carbocycles. The number of ether oxygens (including phenoxy) is 2. The molecule has 0 bridgehead atoms. The van der Waals surface area contributed by atoms with Crippen LogP contribution in [0.15, 0.2) is 22.7 Å². The fourth-order valence-corrected chi connectivity index (χ4v) is 2.39. The van der Waals surface area contributed by atoms with E-state index in [1.165, 1.54) is 18.4 Å². The van der Waals surface area contributed by atoms with Gasteiger partial charge in [0.15, 0.2) is 0 Å². The summed E-state index contributed by atoms with van der Waals surface area (Å²) in [5, 5.41) is 3.51. The van der Waals surface area contributed by atoms with E-state index in [2.05, 4.69) is 47.2 Å². The van der Waals surface area contributed by atoms with Crippen LogP contribution in [-0.2, 0) is 11.3 Å². The van der Waals surface area contributed by atoms with Crippen molar-refractivity contribution < 1.29 is 9.47 Å². The van der Waals surface area contributed by atoms with Crippen molar-refractivity contribution in [3.8, 4) is 5.75 Å². The second-order valence-electron chi connectivity index (χ2n) is 5.74. The van der Waals surface area contributed by atoms with E-state index in [-0.39, 0.29) is 0 Å². The number of nitrogens with one attached hydrogen (secondary N) is 1. The molecular formula is C16H24BrNO2. The highest BCUT2D eigenvalue weighted by Gasteiger charge is 2.19. The van der Waals surface area contributed by atoms with Gasteiger partial charge in [-0.15, -0.1) is 0 Å². The second kappa shape index (κ2) is 8.01. The van der Waals surface area contributed by atoms with Crippen LogP contribution in [0, 0.1) is 5.92 Å². The van der Waals surface area contributed by atoms with Crippen LogP contribution in [0.3, 0.4) is 0 Å². The van der Waals surface area contributed by atoms with E-state index >= 15 is 0 Å². The quantitative estimate of drug-likeness (QED) is 0.694. The average Bonchev–Trinajstić information content (AvgIpc) is 3.21. The summed E-state index contributed by atoms with van der Waals surface area (Å²) in [5.74, 6) is 1.45. The molecule has 0 aromatic heterocycles. The molecule has 112 valence electrons. The molecule has 3 nitrogen and oxygen atoms in total. The van der Waals surface area contributed by atoms with Gasteiger partial charge in [-0.3, -0.25) is 0 Å². The zero-order valence-electron chi connectivity index (χ0n) is 12.3. The molecule has 0 aliphatic heterocycles. The Hall–Kier alpha value is -0.580. The van der Waals surface area contributed by atoms with Gasteiger partial charge in [-0.2, -0.15) is 0 Å². The van der Waals surface area contributed by atoms with Gasteiger partial charge in [0, 0.05) is 19.2 Å². The lowest BCUT2D eigenvalue weighted by Gasteiger charge is -2.11. The number of halogens is 1. The monoisotopic (exact) mass is 341 g/mol.